The number of unbranched alkanes of at least 4 members (excludes halogenated alkanes) is 8. The van der Waals surface area contributed by atoms with E-state index in [1.165, 1.54) is 89.0 Å². The number of hydrogen-bond donors (Lipinski definition) is 0. The van der Waals surface area contributed by atoms with Crippen molar-refractivity contribution in [2.45, 2.75) is 129 Å². The maximum Gasteiger partial charge on any atom is 0.202 e. The summed E-state index contributed by atoms with van der Waals surface area (Å²) in [5.41, 5.74) is 2.39. The Hall–Kier alpha value is -1.44. The van der Waals surface area contributed by atoms with Gasteiger partial charge in [-0.3, -0.25) is 9.59 Å². The maximum absolute atomic E-state index is 12.1. The van der Waals surface area contributed by atoms with Crippen molar-refractivity contribution in [1.29, 1.82) is 0 Å². The third kappa shape index (κ3) is 10.1. The lowest BCUT2D eigenvalue weighted by Gasteiger charge is -2.29. The van der Waals surface area contributed by atoms with Gasteiger partial charge in [0.1, 0.15) is 0 Å². The second-order valence-corrected chi connectivity index (χ2v) is 9.85. The molecule has 1 fully saturated rings. The minimum absolute atomic E-state index is 0.208. The van der Waals surface area contributed by atoms with Crippen LogP contribution in [0.4, 0.5) is 0 Å². The Kier molecular flexibility index (Phi) is 12.8. The molecule has 2 rings (SSSR count). The first-order chi connectivity index (χ1) is 15.1. The van der Waals surface area contributed by atoms with E-state index >= 15 is 0 Å². The Balaban J connectivity index is 1.63. The number of ketones is 2. The van der Waals surface area contributed by atoms with Crippen LogP contribution < -0.4 is 0 Å². The molecule has 1 aliphatic carbocycles. The van der Waals surface area contributed by atoms with E-state index in [1.807, 2.05) is 6.92 Å². The molecular formula is C29H46O2. The Bertz CT molecular complexity index is 623. The van der Waals surface area contributed by atoms with E-state index < -0.39 is 0 Å². The van der Waals surface area contributed by atoms with Crippen LogP contribution in [0.15, 0.2) is 24.3 Å². The predicted molar refractivity (Wildman–Crippen MR) is 132 cm³/mol. The average molecular weight is 427 g/mol. The smallest absolute Gasteiger partial charge is 0.202 e. The summed E-state index contributed by atoms with van der Waals surface area (Å²) < 4.78 is 0. The van der Waals surface area contributed by atoms with Gasteiger partial charge in [-0.25, -0.2) is 0 Å². The monoisotopic (exact) mass is 426 g/mol. The van der Waals surface area contributed by atoms with E-state index in [4.69, 9.17) is 0 Å². The SMILES string of the molecule is CCCCCCCCCCC1CCC(c2ccc(CC(=O)C(=O)CCCC)cc2)CC1. The zero-order valence-electron chi connectivity index (χ0n) is 20.3. The van der Waals surface area contributed by atoms with Gasteiger partial charge in [0, 0.05) is 12.8 Å². The summed E-state index contributed by atoms with van der Waals surface area (Å²) in [5, 5.41) is 0. The van der Waals surface area contributed by atoms with Crippen LogP contribution in [-0.2, 0) is 16.0 Å². The molecule has 1 aromatic carbocycles. The molecule has 0 amide bonds. The topological polar surface area (TPSA) is 34.1 Å². The molecule has 1 aromatic rings. The van der Waals surface area contributed by atoms with E-state index in [0.717, 1.165) is 24.3 Å². The molecule has 0 heterocycles. The second kappa shape index (κ2) is 15.4. The van der Waals surface area contributed by atoms with Gasteiger partial charge in [0.2, 0.25) is 5.78 Å². The predicted octanol–water partition coefficient (Wildman–Crippen LogP) is 8.36. The van der Waals surface area contributed by atoms with Crippen LogP contribution in [0.1, 0.15) is 134 Å². The van der Waals surface area contributed by atoms with Crippen LogP contribution in [0.5, 0.6) is 0 Å². The minimum Gasteiger partial charge on any atom is -0.291 e. The van der Waals surface area contributed by atoms with Crippen LogP contribution in [0.3, 0.4) is 0 Å². The Morgan fingerprint density at radius 1 is 0.710 bits per heavy atom. The fourth-order valence-corrected chi connectivity index (χ4v) is 5.02. The van der Waals surface area contributed by atoms with Gasteiger partial charge >= 0.3 is 0 Å². The average Bonchev–Trinajstić information content (AvgIpc) is 2.80. The van der Waals surface area contributed by atoms with E-state index in [0.29, 0.717) is 12.3 Å². The largest absolute Gasteiger partial charge is 0.291 e. The molecule has 2 nitrogen and oxygen atoms in total. The van der Waals surface area contributed by atoms with Gasteiger partial charge in [-0.2, -0.15) is 0 Å². The number of carbonyl (C=O) groups excluding carboxylic acids is 2. The molecule has 0 spiro atoms. The van der Waals surface area contributed by atoms with E-state index in [9.17, 15) is 9.59 Å². The molecule has 174 valence electrons. The van der Waals surface area contributed by atoms with E-state index in [-0.39, 0.29) is 18.0 Å². The normalized spacial score (nSPS) is 18.8. The highest BCUT2D eigenvalue weighted by Gasteiger charge is 2.22. The second-order valence-electron chi connectivity index (χ2n) is 9.85. The summed E-state index contributed by atoms with van der Waals surface area (Å²) in [6, 6.07) is 8.52. The summed E-state index contributed by atoms with van der Waals surface area (Å²) in [5.74, 6) is 1.16. The van der Waals surface area contributed by atoms with Gasteiger partial charge < -0.3 is 0 Å². The van der Waals surface area contributed by atoms with Gasteiger partial charge in [0.05, 0.1) is 0 Å². The molecule has 0 saturated heterocycles. The zero-order valence-corrected chi connectivity index (χ0v) is 20.3. The van der Waals surface area contributed by atoms with Gasteiger partial charge in [0.25, 0.3) is 0 Å². The molecule has 0 aromatic heterocycles. The lowest BCUT2D eigenvalue weighted by molar-refractivity contribution is -0.136. The lowest BCUT2D eigenvalue weighted by Crippen LogP contribution is -2.16. The van der Waals surface area contributed by atoms with Crippen LogP contribution >= 0.6 is 0 Å². The van der Waals surface area contributed by atoms with Gasteiger partial charge in [-0.15, -0.1) is 0 Å². The number of carbonyl (C=O) groups is 2. The third-order valence-corrected chi connectivity index (χ3v) is 7.20. The van der Waals surface area contributed by atoms with Gasteiger partial charge in [-0.05, 0) is 55.1 Å². The Morgan fingerprint density at radius 2 is 1.29 bits per heavy atom. The quantitative estimate of drug-likeness (QED) is 0.196. The van der Waals surface area contributed by atoms with Crippen LogP contribution in [0.25, 0.3) is 0 Å². The van der Waals surface area contributed by atoms with Crippen molar-refractivity contribution in [2.75, 3.05) is 0 Å². The fraction of sp³-hybridized carbons (Fsp3) is 0.724. The van der Waals surface area contributed by atoms with Crippen molar-refractivity contribution in [3.63, 3.8) is 0 Å². The zero-order chi connectivity index (χ0) is 22.3. The molecule has 1 aliphatic rings. The molecule has 0 unspecified atom stereocenters. The van der Waals surface area contributed by atoms with Crippen molar-refractivity contribution < 1.29 is 9.59 Å². The molecule has 2 heteroatoms. The van der Waals surface area contributed by atoms with Gasteiger partial charge in [0.15, 0.2) is 5.78 Å². The summed E-state index contributed by atoms with van der Waals surface area (Å²) in [4.78, 5) is 23.9. The number of hydrogen-bond acceptors (Lipinski definition) is 2. The minimum atomic E-state index is -0.234. The van der Waals surface area contributed by atoms with Crippen molar-refractivity contribution in [1.82, 2.24) is 0 Å². The van der Waals surface area contributed by atoms with Crippen molar-refractivity contribution in [3.05, 3.63) is 35.4 Å². The molecule has 0 N–H and O–H groups in total. The molecule has 0 radical (unpaired) electrons. The van der Waals surface area contributed by atoms with E-state index in [2.05, 4.69) is 31.2 Å². The van der Waals surface area contributed by atoms with Crippen molar-refractivity contribution in [3.8, 4) is 0 Å². The van der Waals surface area contributed by atoms with E-state index in [1.54, 1.807) is 0 Å². The summed E-state index contributed by atoms with van der Waals surface area (Å²) >= 11 is 0. The molecular weight excluding hydrogens is 380 g/mol. The Morgan fingerprint density at radius 3 is 1.90 bits per heavy atom. The van der Waals surface area contributed by atoms with Crippen molar-refractivity contribution >= 4 is 11.6 Å². The number of benzene rings is 1. The number of Topliss-reactive ketones (excluding diaryl/α,β-unsaturated/α-hetero) is 2. The van der Waals surface area contributed by atoms with Crippen molar-refractivity contribution in [2.24, 2.45) is 5.92 Å². The number of rotatable bonds is 16. The van der Waals surface area contributed by atoms with Gasteiger partial charge in [-0.1, -0.05) is 102 Å². The molecule has 0 bridgehead atoms. The summed E-state index contributed by atoms with van der Waals surface area (Å²) in [7, 11) is 0. The summed E-state index contributed by atoms with van der Waals surface area (Å²) in [6.07, 6.45) is 20.5. The summed E-state index contributed by atoms with van der Waals surface area (Å²) in [6.45, 7) is 4.33. The first kappa shape index (κ1) is 25.8. The standard InChI is InChI=1S/C29H46O2/c1-3-5-7-8-9-10-11-12-13-24-15-19-26(20-16-24)27-21-17-25(18-22-27)23-29(31)28(30)14-6-4-2/h17-18,21-22,24,26H,3-16,19-20,23H2,1-2H3. The van der Waals surface area contributed by atoms with Crippen LogP contribution in [-0.4, -0.2) is 11.6 Å². The maximum atomic E-state index is 12.1. The van der Waals surface area contributed by atoms with Crippen LogP contribution in [0, 0.1) is 5.92 Å². The first-order valence-electron chi connectivity index (χ1n) is 13.3. The molecule has 1 saturated carbocycles. The fourth-order valence-electron chi connectivity index (χ4n) is 5.02. The lowest BCUT2D eigenvalue weighted by atomic mass is 9.77. The molecule has 0 atom stereocenters. The highest BCUT2D eigenvalue weighted by atomic mass is 16.2. The van der Waals surface area contributed by atoms with Crippen LogP contribution in [0.2, 0.25) is 0 Å². The molecule has 0 aliphatic heterocycles. The molecule has 31 heavy (non-hydrogen) atoms. The Labute approximate surface area is 191 Å². The highest BCUT2D eigenvalue weighted by Crippen LogP contribution is 2.37. The third-order valence-electron chi connectivity index (χ3n) is 7.20. The first-order valence-corrected chi connectivity index (χ1v) is 13.3. The highest BCUT2D eigenvalue weighted by molar-refractivity contribution is 6.37.